The van der Waals surface area contributed by atoms with E-state index in [2.05, 4.69) is 9.97 Å². The summed E-state index contributed by atoms with van der Waals surface area (Å²) in [5.74, 6) is -0.429. The van der Waals surface area contributed by atoms with Crippen molar-refractivity contribution in [1.82, 2.24) is 9.97 Å². The van der Waals surface area contributed by atoms with Gasteiger partial charge in [-0.15, -0.1) is 0 Å². The number of fused-ring (bicyclic) bond motifs is 1. The quantitative estimate of drug-likeness (QED) is 0.777. The molecule has 0 radical (unpaired) electrons. The van der Waals surface area contributed by atoms with Gasteiger partial charge in [-0.05, 0) is 24.6 Å². The third-order valence-electron chi connectivity index (χ3n) is 3.52. The predicted octanol–water partition coefficient (Wildman–Crippen LogP) is 3.61. The third kappa shape index (κ3) is 2.25. The summed E-state index contributed by atoms with van der Waals surface area (Å²) >= 11 is 0. The molecule has 0 amide bonds. The fraction of sp³-hybridized carbons (Fsp3) is 0.118. The Kier molecular flexibility index (Phi) is 3.14. The van der Waals surface area contributed by atoms with Gasteiger partial charge >= 0.3 is 5.97 Å². The van der Waals surface area contributed by atoms with Gasteiger partial charge in [-0.25, -0.2) is 14.8 Å². The van der Waals surface area contributed by atoms with Crippen molar-refractivity contribution in [2.45, 2.75) is 13.8 Å². The van der Waals surface area contributed by atoms with Gasteiger partial charge in [0.2, 0.25) is 0 Å². The number of hydrogen-bond acceptors (Lipinski definition) is 3. The first-order valence-electron chi connectivity index (χ1n) is 6.64. The fourth-order valence-electron chi connectivity index (χ4n) is 2.57. The second-order valence-corrected chi connectivity index (χ2v) is 4.92. The van der Waals surface area contributed by atoms with E-state index in [4.69, 9.17) is 0 Å². The van der Waals surface area contributed by atoms with Crippen molar-refractivity contribution in [2.24, 2.45) is 0 Å². The Morgan fingerprint density at radius 1 is 0.952 bits per heavy atom. The minimum absolute atomic E-state index is 0.180. The molecule has 0 unspecified atom stereocenters. The van der Waals surface area contributed by atoms with Crippen LogP contribution in [0.2, 0.25) is 0 Å². The molecule has 3 aromatic rings. The summed E-state index contributed by atoms with van der Waals surface area (Å²) in [6.07, 6.45) is 0. The molecule has 2 aromatic carbocycles. The Bertz CT molecular complexity index is 828. The van der Waals surface area contributed by atoms with Crippen LogP contribution in [0.3, 0.4) is 0 Å². The number of aromatic nitrogens is 2. The summed E-state index contributed by atoms with van der Waals surface area (Å²) in [5.41, 5.74) is 2.06. The van der Waals surface area contributed by atoms with Gasteiger partial charge in [-0.1, -0.05) is 42.5 Å². The van der Waals surface area contributed by atoms with Crippen LogP contribution in [0.4, 0.5) is 0 Å². The molecule has 0 spiro atoms. The molecule has 0 bridgehead atoms. The maximum Gasteiger partial charge on any atom is 0.339 e. The molecule has 1 heterocycles. The molecule has 0 fully saturated rings. The van der Waals surface area contributed by atoms with Gasteiger partial charge in [0.25, 0.3) is 0 Å². The number of hydrogen-bond donors (Lipinski definition) is 1. The second-order valence-electron chi connectivity index (χ2n) is 4.92. The highest BCUT2D eigenvalue weighted by molar-refractivity contribution is 5.95. The van der Waals surface area contributed by atoms with Crippen molar-refractivity contribution in [3.8, 4) is 11.4 Å². The Morgan fingerprint density at radius 2 is 1.57 bits per heavy atom. The minimum atomic E-state index is -0.991. The molecule has 0 atom stereocenters. The van der Waals surface area contributed by atoms with E-state index >= 15 is 0 Å². The lowest BCUT2D eigenvalue weighted by Crippen LogP contribution is -2.08. The van der Waals surface area contributed by atoms with E-state index < -0.39 is 5.97 Å². The van der Waals surface area contributed by atoms with E-state index in [1.54, 1.807) is 13.8 Å². The summed E-state index contributed by atoms with van der Waals surface area (Å²) < 4.78 is 0. The molecule has 0 aliphatic heterocycles. The van der Waals surface area contributed by atoms with E-state index in [-0.39, 0.29) is 5.56 Å². The number of carbonyl (C=O) groups is 1. The van der Waals surface area contributed by atoms with Crippen LogP contribution in [0.5, 0.6) is 0 Å². The van der Waals surface area contributed by atoms with E-state index in [9.17, 15) is 9.90 Å². The van der Waals surface area contributed by atoms with Crippen LogP contribution < -0.4 is 0 Å². The maximum absolute atomic E-state index is 11.2. The molecular formula is C17H14N2O2. The minimum Gasteiger partial charge on any atom is -0.478 e. The normalized spacial score (nSPS) is 10.8. The lowest BCUT2D eigenvalue weighted by molar-refractivity contribution is 0.0694. The van der Waals surface area contributed by atoms with Crippen LogP contribution >= 0.6 is 0 Å². The van der Waals surface area contributed by atoms with Crippen LogP contribution in [0.25, 0.3) is 22.2 Å². The molecule has 1 aromatic heterocycles. The number of nitrogens with zero attached hydrogens (tertiary/aromatic N) is 2. The molecule has 0 aliphatic rings. The van der Waals surface area contributed by atoms with Gasteiger partial charge in [-0.2, -0.15) is 0 Å². The first-order chi connectivity index (χ1) is 10.1. The average molecular weight is 278 g/mol. The summed E-state index contributed by atoms with van der Waals surface area (Å²) in [5, 5.41) is 11.4. The SMILES string of the molecule is Cc1nc(-c2cccc3ccccc23)nc(C)c1C(=O)O. The van der Waals surface area contributed by atoms with Crippen molar-refractivity contribution >= 4 is 16.7 Å². The molecule has 1 N–H and O–H groups in total. The number of benzene rings is 2. The van der Waals surface area contributed by atoms with Crippen LogP contribution in [-0.2, 0) is 0 Å². The highest BCUT2D eigenvalue weighted by Crippen LogP contribution is 2.27. The first-order valence-corrected chi connectivity index (χ1v) is 6.64. The van der Waals surface area contributed by atoms with E-state index in [0.29, 0.717) is 17.2 Å². The van der Waals surface area contributed by atoms with Gasteiger partial charge in [0.1, 0.15) is 5.56 Å². The molecule has 0 aliphatic carbocycles. The van der Waals surface area contributed by atoms with Gasteiger partial charge in [-0.3, -0.25) is 0 Å². The molecule has 0 saturated carbocycles. The van der Waals surface area contributed by atoms with E-state index in [1.165, 1.54) is 0 Å². The van der Waals surface area contributed by atoms with Crippen molar-refractivity contribution in [1.29, 1.82) is 0 Å². The monoisotopic (exact) mass is 278 g/mol. The molecule has 4 nitrogen and oxygen atoms in total. The standard InChI is InChI=1S/C17H14N2O2/c1-10-15(17(20)21)11(2)19-16(18-10)14-9-5-7-12-6-3-4-8-13(12)14/h3-9H,1-2H3,(H,20,21). The number of carboxylic acids is 1. The summed E-state index contributed by atoms with van der Waals surface area (Å²) in [7, 11) is 0. The summed E-state index contributed by atoms with van der Waals surface area (Å²) in [6, 6.07) is 13.9. The third-order valence-corrected chi connectivity index (χ3v) is 3.52. The van der Waals surface area contributed by atoms with Crippen molar-refractivity contribution < 1.29 is 9.90 Å². The number of aromatic carboxylic acids is 1. The molecule has 3 rings (SSSR count). The Morgan fingerprint density at radius 3 is 2.24 bits per heavy atom. The number of carboxylic acid groups (broad SMARTS) is 1. The average Bonchev–Trinajstić information content (AvgIpc) is 2.45. The van der Waals surface area contributed by atoms with E-state index in [1.807, 2.05) is 42.5 Å². The zero-order chi connectivity index (χ0) is 15.0. The van der Waals surface area contributed by atoms with Crippen molar-refractivity contribution in [2.75, 3.05) is 0 Å². The smallest absolute Gasteiger partial charge is 0.339 e. The lowest BCUT2D eigenvalue weighted by Gasteiger charge is -2.09. The van der Waals surface area contributed by atoms with Gasteiger partial charge in [0.05, 0.1) is 11.4 Å². The highest BCUT2D eigenvalue weighted by atomic mass is 16.4. The van der Waals surface area contributed by atoms with Crippen molar-refractivity contribution in [3.63, 3.8) is 0 Å². The molecule has 4 heteroatoms. The summed E-state index contributed by atoms with van der Waals surface area (Å²) in [4.78, 5) is 20.0. The Labute approximate surface area is 122 Å². The zero-order valence-corrected chi connectivity index (χ0v) is 11.8. The van der Waals surface area contributed by atoms with Crippen LogP contribution in [0.15, 0.2) is 42.5 Å². The second kappa shape index (κ2) is 4.98. The molecule has 104 valence electrons. The van der Waals surface area contributed by atoms with Crippen LogP contribution in [0, 0.1) is 13.8 Å². The van der Waals surface area contributed by atoms with Crippen molar-refractivity contribution in [3.05, 3.63) is 59.4 Å². The lowest BCUT2D eigenvalue weighted by atomic mass is 10.0. The molecule has 21 heavy (non-hydrogen) atoms. The highest BCUT2D eigenvalue weighted by Gasteiger charge is 2.16. The fourth-order valence-corrected chi connectivity index (χ4v) is 2.57. The van der Waals surface area contributed by atoms with Gasteiger partial charge in [0, 0.05) is 5.56 Å². The summed E-state index contributed by atoms with van der Waals surface area (Å²) in [6.45, 7) is 3.40. The molecule has 0 saturated heterocycles. The maximum atomic E-state index is 11.2. The van der Waals surface area contributed by atoms with Gasteiger partial charge < -0.3 is 5.11 Å². The number of rotatable bonds is 2. The first kappa shape index (κ1) is 13.2. The topological polar surface area (TPSA) is 63.1 Å². The largest absolute Gasteiger partial charge is 0.478 e. The van der Waals surface area contributed by atoms with Gasteiger partial charge in [0.15, 0.2) is 5.82 Å². The van der Waals surface area contributed by atoms with Crippen LogP contribution in [0.1, 0.15) is 21.7 Å². The number of aryl methyl sites for hydroxylation is 2. The molecular weight excluding hydrogens is 264 g/mol. The Balaban J connectivity index is 2.27. The van der Waals surface area contributed by atoms with E-state index in [0.717, 1.165) is 16.3 Å². The Hall–Kier alpha value is -2.75. The van der Waals surface area contributed by atoms with Crippen LogP contribution in [-0.4, -0.2) is 21.0 Å². The predicted molar refractivity (Wildman–Crippen MR) is 81.4 cm³/mol. The zero-order valence-electron chi connectivity index (χ0n) is 11.8.